The fourth-order valence-corrected chi connectivity index (χ4v) is 3.43. The first kappa shape index (κ1) is 10.5. The summed E-state index contributed by atoms with van der Waals surface area (Å²) in [5.41, 5.74) is 1.23. The minimum absolute atomic E-state index is 0.120. The molecule has 2 rings (SSSR count). The molecule has 0 aliphatic heterocycles. The van der Waals surface area contributed by atoms with E-state index in [1.807, 2.05) is 13.0 Å². The molecule has 15 heavy (non-hydrogen) atoms. The second kappa shape index (κ2) is 4.21. The number of hydrogen-bond acceptors (Lipinski definition) is 2. The van der Waals surface area contributed by atoms with E-state index in [9.17, 15) is 4.79 Å². The van der Waals surface area contributed by atoms with Crippen LogP contribution in [0.5, 0.6) is 0 Å². The van der Waals surface area contributed by atoms with Gasteiger partial charge in [-0.05, 0) is 0 Å². The van der Waals surface area contributed by atoms with Gasteiger partial charge in [-0.1, -0.05) is 0 Å². The summed E-state index contributed by atoms with van der Waals surface area (Å²) in [6, 6.07) is 8.26. The van der Waals surface area contributed by atoms with Gasteiger partial charge in [0, 0.05) is 0 Å². The third-order valence-corrected chi connectivity index (χ3v) is 4.45. The SMILES string of the molecule is CCOC(=O)c1cc2cc(C)ccc2[se]1. The second-order valence-electron chi connectivity index (χ2n) is 3.37. The zero-order valence-electron chi connectivity index (χ0n) is 8.74. The van der Waals surface area contributed by atoms with E-state index in [0.29, 0.717) is 6.61 Å². The standard InChI is InChI=1S/C12H12O2Se/c1-3-14-12(13)11-7-9-6-8(2)4-5-10(9)15-11/h4-7H,3H2,1-2H3. The third-order valence-electron chi connectivity index (χ3n) is 2.15. The molecule has 0 saturated carbocycles. The molecule has 2 aromatic rings. The van der Waals surface area contributed by atoms with Crippen LogP contribution in [0.25, 0.3) is 9.65 Å². The van der Waals surface area contributed by atoms with E-state index in [2.05, 4.69) is 25.1 Å². The zero-order chi connectivity index (χ0) is 10.8. The van der Waals surface area contributed by atoms with E-state index in [4.69, 9.17) is 4.74 Å². The van der Waals surface area contributed by atoms with Crippen molar-refractivity contribution in [2.75, 3.05) is 6.61 Å². The maximum absolute atomic E-state index is 11.5. The number of ether oxygens (including phenoxy) is 1. The van der Waals surface area contributed by atoms with Gasteiger partial charge in [-0.15, -0.1) is 0 Å². The minimum atomic E-state index is -0.161. The second-order valence-corrected chi connectivity index (χ2v) is 5.65. The van der Waals surface area contributed by atoms with Crippen LogP contribution in [0.2, 0.25) is 0 Å². The van der Waals surface area contributed by atoms with Gasteiger partial charge >= 0.3 is 94.4 Å². The van der Waals surface area contributed by atoms with Crippen LogP contribution in [0.15, 0.2) is 24.3 Å². The molecule has 3 heteroatoms. The first-order valence-electron chi connectivity index (χ1n) is 4.88. The van der Waals surface area contributed by atoms with Crippen LogP contribution in [0, 0.1) is 6.92 Å². The fraction of sp³-hybridized carbons (Fsp3) is 0.250. The molecule has 0 saturated heterocycles. The van der Waals surface area contributed by atoms with Crippen molar-refractivity contribution in [1.82, 2.24) is 0 Å². The molecular weight excluding hydrogens is 255 g/mol. The zero-order valence-corrected chi connectivity index (χ0v) is 10.5. The molecule has 1 aromatic heterocycles. The molecule has 0 unspecified atom stereocenters. The van der Waals surface area contributed by atoms with Crippen LogP contribution in [-0.4, -0.2) is 27.1 Å². The van der Waals surface area contributed by atoms with Crippen LogP contribution < -0.4 is 0 Å². The topological polar surface area (TPSA) is 26.3 Å². The fourth-order valence-electron chi connectivity index (χ4n) is 1.47. The molecule has 1 heterocycles. The predicted octanol–water partition coefficient (Wildman–Crippen LogP) is 2.38. The van der Waals surface area contributed by atoms with Crippen LogP contribution in [0.4, 0.5) is 0 Å². The average Bonchev–Trinajstić information content (AvgIpc) is 2.60. The number of aryl methyl sites for hydroxylation is 1. The number of esters is 1. The molecule has 0 radical (unpaired) electrons. The maximum atomic E-state index is 11.5. The molecule has 2 nitrogen and oxygen atoms in total. The molecule has 0 bridgehead atoms. The van der Waals surface area contributed by atoms with Gasteiger partial charge in [0.25, 0.3) is 0 Å². The van der Waals surface area contributed by atoms with Crippen molar-refractivity contribution in [1.29, 1.82) is 0 Å². The Kier molecular flexibility index (Phi) is 2.94. The molecule has 0 spiro atoms. The summed E-state index contributed by atoms with van der Waals surface area (Å²) in [4.78, 5) is 11.5. The van der Waals surface area contributed by atoms with Gasteiger partial charge in [0.05, 0.1) is 0 Å². The van der Waals surface area contributed by atoms with Crippen LogP contribution >= 0.6 is 0 Å². The average molecular weight is 267 g/mol. The number of carbonyl (C=O) groups is 1. The van der Waals surface area contributed by atoms with Gasteiger partial charge in [-0.25, -0.2) is 0 Å². The van der Waals surface area contributed by atoms with E-state index in [-0.39, 0.29) is 20.5 Å². The van der Waals surface area contributed by atoms with E-state index in [1.54, 1.807) is 0 Å². The van der Waals surface area contributed by atoms with Gasteiger partial charge in [0.1, 0.15) is 0 Å². The molecule has 0 atom stereocenters. The summed E-state index contributed by atoms with van der Waals surface area (Å²) >= 11 is 0.120. The first-order chi connectivity index (χ1) is 7.20. The Labute approximate surface area is 94.6 Å². The van der Waals surface area contributed by atoms with E-state index < -0.39 is 0 Å². The summed E-state index contributed by atoms with van der Waals surface area (Å²) in [6.07, 6.45) is 0. The van der Waals surface area contributed by atoms with Gasteiger partial charge < -0.3 is 0 Å². The van der Waals surface area contributed by atoms with Crippen molar-refractivity contribution < 1.29 is 9.53 Å². The molecule has 0 aliphatic rings. The van der Waals surface area contributed by atoms with Gasteiger partial charge in [0.15, 0.2) is 0 Å². The van der Waals surface area contributed by atoms with E-state index in [0.717, 1.165) is 4.44 Å². The molecule has 0 N–H and O–H groups in total. The Morgan fingerprint density at radius 1 is 1.40 bits per heavy atom. The van der Waals surface area contributed by atoms with Crippen molar-refractivity contribution in [2.24, 2.45) is 0 Å². The number of benzene rings is 1. The van der Waals surface area contributed by atoms with Crippen molar-refractivity contribution in [3.8, 4) is 0 Å². The normalized spacial score (nSPS) is 10.5. The van der Waals surface area contributed by atoms with E-state index in [1.165, 1.54) is 15.2 Å². The van der Waals surface area contributed by atoms with E-state index >= 15 is 0 Å². The summed E-state index contributed by atoms with van der Waals surface area (Å²) < 4.78 is 7.09. The summed E-state index contributed by atoms with van der Waals surface area (Å²) in [5.74, 6) is -0.161. The van der Waals surface area contributed by atoms with Crippen molar-refractivity contribution in [2.45, 2.75) is 13.8 Å². The number of hydrogen-bond donors (Lipinski definition) is 0. The summed E-state index contributed by atoms with van der Waals surface area (Å²) in [6.45, 7) is 4.34. The summed E-state index contributed by atoms with van der Waals surface area (Å²) in [5, 5.41) is 1.18. The molecule has 1 aromatic carbocycles. The monoisotopic (exact) mass is 268 g/mol. The quantitative estimate of drug-likeness (QED) is 0.617. The van der Waals surface area contributed by atoms with Crippen LogP contribution in [-0.2, 0) is 4.74 Å². The summed E-state index contributed by atoms with van der Waals surface area (Å²) in [7, 11) is 0. The Balaban J connectivity index is 2.42. The van der Waals surface area contributed by atoms with Crippen molar-refractivity contribution in [3.63, 3.8) is 0 Å². The Hall–Kier alpha value is -1.05. The molecular formula is C12H12O2Se. The number of fused-ring (bicyclic) bond motifs is 1. The number of rotatable bonds is 2. The third kappa shape index (κ3) is 2.14. The van der Waals surface area contributed by atoms with Crippen molar-refractivity contribution >= 4 is 30.1 Å². The Morgan fingerprint density at radius 2 is 2.20 bits per heavy atom. The molecule has 0 aliphatic carbocycles. The molecule has 0 amide bonds. The van der Waals surface area contributed by atoms with Gasteiger partial charge in [-0.2, -0.15) is 0 Å². The van der Waals surface area contributed by atoms with Crippen molar-refractivity contribution in [3.05, 3.63) is 34.3 Å². The Morgan fingerprint density at radius 3 is 2.93 bits per heavy atom. The molecule has 78 valence electrons. The van der Waals surface area contributed by atoms with Crippen LogP contribution in [0.3, 0.4) is 0 Å². The predicted molar refractivity (Wildman–Crippen MR) is 61.6 cm³/mol. The van der Waals surface area contributed by atoms with Gasteiger partial charge in [-0.3, -0.25) is 0 Å². The Bertz CT molecular complexity index is 499. The molecule has 0 fully saturated rings. The van der Waals surface area contributed by atoms with Gasteiger partial charge in [0.2, 0.25) is 0 Å². The first-order valence-corrected chi connectivity index (χ1v) is 6.59. The van der Waals surface area contributed by atoms with Crippen LogP contribution in [0.1, 0.15) is 21.7 Å². The number of carbonyl (C=O) groups excluding carboxylic acids is 1.